The zero-order valence-corrected chi connectivity index (χ0v) is 15.0. The molecule has 0 aliphatic carbocycles. The van der Waals surface area contributed by atoms with Crippen molar-refractivity contribution >= 4 is 0 Å². The zero-order valence-electron chi connectivity index (χ0n) is 15.0. The summed E-state index contributed by atoms with van der Waals surface area (Å²) in [5, 5.41) is 0. The van der Waals surface area contributed by atoms with Crippen molar-refractivity contribution in [3.05, 3.63) is 47.2 Å². The second-order valence-electron chi connectivity index (χ2n) is 7.81. The molecule has 0 radical (unpaired) electrons. The van der Waals surface area contributed by atoms with Crippen molar-refractivity contribution in [3.63, 3.8) is 0 Å². The summed E-state index contributed by atoms with van der Waals surface area (Å²) < 4.78 is 5.79. The molecule has 0 unspecified atom stereocenters. The molecule has 2 heteroatoms. The molecule has 0 aromatic heterocycles. The Morgan fingerprint density at radius 1 is 1.14 bits per heavy atom. The van der Waals surface area contributed by atoms with E-state index in [4.69, 9.17) is 4.74 Å². The highest BCUT2D eigenvalue weighted by atomic mass is 16.5. The van der Waals surface area contributed by atoms with Crippen molar-refractivity contribution in [1.29, 1.82) is 0 Å². The molecule has 1 saturated heterocycles. The van der Waals surface area contributed by atoms with Crippen LogP contribution in [0.25, 0.3) is 0 Å². The summed E-state index contributed by atoms with van der Waals surface area (Å²) in [6.45, 7) is 15.3. The van der Waals surface area contributed by atoms with E-state index in [0.29, 0.717) is 12.2 Å². The van der Waals surface area contributed by atoms with Gasteiger partial charge in [0, 0.05) is 13.1 Å². The summed E-state index contributed by atoms with van der Waals surface area (Å²) in [5.41, 5.74) is 4.42. The molecule has 1 aliphatic heterocycles. The smallest absolute Gasteiger partial charge is 0.0726 e. The Labute approximate surface area is 136 Å². The second kappa shape index (κ2) is 6.87. The molecule has 122 valence electrons. The predicted molar refractivity (Wildman–Crippen MR) is 94.2 cm³/mol. The fourth-order valence-electron chi connectivity index (χ4n) is 3.12. The van der Waals surface area contributed by atoms with Crippen molar-refractivity contribution in [3.8, 4) is 0 Å². The van der Waals surface area contributed by atoms with Crippen molar-refractivity contribution < 1.29 is 4.74 Å². The third-order valence-corrected chi connectivity index (χ3v) is 4.15. The minimum Gasteiger partial charge on any atom is -0.372 e. The molecule has 22 heavy (non-hydrogen) atoms. The first-order valence-corrected chi connectivity index (χ1v) is 8.40. The minimum absolute atomic E-state index is 0.226. The molecular weight excluding hydrogens is 270 g/mol. The van der Waals surface area contributed by atoms with Crippen molar-refractivity contribution in [2.45, 2.75) is 65.6 Å². The number of benzene rings is 1. The number of allylic oxidation sites excluding steroid dienone is 1. The Bertz CT molecular complexity index is 500. The van der Waals surface area contributed by atoms with Crippen LogP contribution in [0.3, 0.4) is 0 Å². The van der Waals surface area contributed by atoms with Gasteiger partial charge >= 0.3 is 0 Å². The van der Waals surface area contributed by atoms with Crippen molar-refractivity contribution in [2.24, 2.45) is 0 Å². The lowest BCUT2D eigenvalue weighted by molar-refractivity contribution is -0.0543. The molecule has 1 aromatic carbocycles. The molecule has 1 heterocycles. The van der Waals surface area contributed by atoms with Gasteiger partial charge in [0.1, 0.15) is 0 Å². The number of hydrogen-bond acceptors (Lipinski definition) is 2. The molecule has 0 N–H and O–H groups in total. The maximum absolute atomic E-state index is 5.79. The first kappa shape index (κ1) is 17.1. The van der Waals surface area contributed by atoms with Gasteiger partial charge in [-0.05, 0) is 49.9 Å². The maximum atomic E-state index is 5.79. The fourth-order valence-corrected chi connectivity index (χ4v) is 3.12. The fraction of sp³-hybridized carbons (Fsp3) is 0.600. The maximum Gasteiger partial charge on any atom is 0.0726 e. The number of hydrogen-bond donors (Lipinski definition) is 0. The third kappa shape index (κ3) is 4.88. The van der Waals surface area contributed by atoms with E-state index in [0.717, 1.165) is 19.5 Å². The van der Waals surface area contributed by atoms with Crippen LogP contribution in [0.1, 0.15) is 52.7 Å². The van der Waals surface area contributed by atoms with Crippen molar-refractivity contribution in [2.75, 3.05) is 13.1 Å². The van der Waals surface area contributed by atoms with Gasteiger partial charge in [-0.15, -0.1) is 0 Å². The van der Waals surface area contributed by atoms with Gasteiger partial charge < -0.3 is 9.64 Å². The minimum atomic E-state index is 0.226. The van der Waals surface area contributed by atoms with Gasteiger partial charge in [0.25, 0.3) is 0 Å². The highest BCUT2D eigenvalue weighted by molar-refractivity contribution is 5.29. The Morgan fingerprint density at radius 3 is 2.18 bits per heavy atom. The normalized spacial score (nSPS) is 23.7. The number of rotatable bonds is 3. The molecule has 1 fully saturated rings. The number of ether oxygens (including phenoxy) is 1. The Morgan fingerprint density at radius 2 is 1.68 bits per heavy atom. The standard InChI is InChI=1S/C20H31NO/c1-15(12-21-13-16(2)22-17(3)14-21)11-18-7-9-19(10-8-18)20(4,5)6/h7-10,12,16-17H,11,13-14H2,1-6H3/b15-12+/t16-,17+. The average Bonchev–Trinajstić information content (AvgIpc) is 2.36. The van der Waals surface area contributed by atoms with Gasteiger partial charge in [-0.3, -0.25) is 0 Å². The van der Waals surface area contributed by atoms with Crippen LogP contribution in [0.4, 0.5) is 0 Å². The van der Waals surface area contributed by atoms with Crippen LogP contribution < -0.4 is 0 Å². The second-order valence-corrected chi connectivity index (χ2v) is 7.81. The van der Waals surface area contributed by atoms with Gasteiger partial charge in [-0.1, -0.05) is 50.6 Å². The molecule has 2 rings (SSSR count). The quantitative estimate of drug-likeness (QED) is 0.812. The largest absolute Gasteiger partial charge is 0.372 e. The summed E-state index contributed by atoms with van der Waals surface area (Å²) >= 11 is 0. The highest BCUT2D eigenvalue weighted by Crippen LogP contribution is 2.23. The number of nitrogens with zero attached hydrogens (tertiary/aromatic N) is 1. The van der Waals surface area contributed by atoms with E-state index < -0.39 is 0 Å². The van der Waals surface area contributed by atoms with Gasteiger partial charge in [0.15, 0.2) is 0 Å². The van der Waals surface area contributed by atoms with Crippen LogP contribution in [-0.2, 0) is 16.6 Å². The summed E-state index contributed by atoms with van der Waals surface area (Å²) in [6.07, 6.45) is 3.97. The van der Waals surface area contributed by atoms with Crippen molar-refractivity contribution in [1.82, 2.24) is 4.90 Å². The van der Waals surface area contributed by atoms with E-state index in [1.54, 1.807) is 0 Å². The van der Waals surface area contributed by atoms with E-state index in [9.17, 15) is 0 Å². The topological polar surface area (TPSA) is 12.5 Å². The third-order valence-electron chi connectivity index (χ3n) is 4.15. The Hall–Kier alpha value is -1.28. The molecule has 1 aromatic rings. The monoisotopic (exact) mass is 301 g/mol. The molecular formula is C20H31NO. The van der Waals surface area contributed by atoms with E-state index in [-0.39, 0.29) is 5.41 Å². The molecule has 0 amide bonds. The summed E-state index contributed by atoms with van der Waals surface area (Å²) in [5.74, 6) is 0. The van der Waals surface area contributed by atoms with E-state index in [1.165, 1.54) is 16.7 Å². The molecule has 2 atom stereocenters. The summed E-state index contributed by atoms with van der Waals surface area (Å²) in [6, 6.07) is 9.06. The summed E-state index contributed by atoms with van der Waals surface area (Å²) in [4.78, 5) is 2.40. The van der Waals surface area contributed by atoms with Crippen LogP contribution in [0.15, 0.2) is 36.0 Å². The Balaban J connectivity index is 1.99. The van der Waals surface area contributed by atoms with Crippen LogP contribution in [0.2, 0.25) is 0 Å². The van der Waals surface area contributed by atoms with Crippen LogP contribution in [-0.4, -0.2) is 30.2 Å². The van der Waals surface area contributed by atoms with E-state index in [2.05, 4.69) is 76.9 Å². The SMILES string of the molecule is C/C(=C\N1C[C@@H](C)O[C@@H](C)C1)Cc1ccc(C(C)(C)C)cc1. The first-order valence-electron chi connectivity index (χ1n) is 8.40. The highest BCUT2D eigenvalue weighted by Gasteiger charge is 2.20. The van der Waals surface area contributed by atoms with E-state index >= 15 is 0 Å². The Kier molecular flexibility index (Phi) is 5.33. The van der Waals surface area contributed by atoms with E-state index in [1.807, 2.05) is 0 Å². The summed E-state index contributed by atoms with van der Waals surface area (Å²) in [7, 11) is 0. The molecule has 0 spiro atoms. The van der Waals surface area contributed by atoms with Gasteiger partial charge in [-0.25, -0.2) is 0 Å². The molecule has 0 bridgehead atoms. The van der Waals surface area contributed by atoms with Gasteiger partial charge in [-0.2, -0.15) is 0 Å². The predicted octanol–water partition coefficient (Wildman–Crippen LogP) is 4.54. The zero-order chi connectivity index (χ0) is 16.3. The number of morpholine rings is 1. The van der Waals surface area contributed by atoms with Crippen LogP contribution in [0.5, 0.6) is 0 Å². The van der Waals surface area contributed by atoms with Crippen LogP contribution >= 0.6 is 0 Å². The van der Waals surface area contributed by atoms with Gasteiger partial charge in [0.2, 0.25) is 0 Å². The van der Waals surface area contributed by atoms with Gasteiger partial charge in [0.05, 0.1) is 12.2 Å². The first-order chi connectivity index (χ1) is 10.2. The average molecular weight is 301 g/mol. The van der Waals surface area contributed by atoms with Crippen LogP contribution in [0, 0.1) is 0 Å². The lowest BCUT2D eigenvalue weighted by Crippen LogP contribution is -2.42. The lowest BCUT2D eigenvalue weighted by Gasteiger charge is -2.35. The molecule has 1 aliphatic rings. The lowest BCUT2D eigenvalue weighted by atomic mass is 9.86. The molecule has 0 saturated carbocycles. The molecule has 2 nitrogen and oxygen atoms in total.